The molecule has 21 heavy (non-hydrogen) atoms. The summed E-state index contributed by atoms with van der Waals surface area (Å²) in [6.45, 7) is 0. The largest absolute Gasteiger partial charge is 0.313 e. The zero-order valence-corrected chi connectivity index (χ0v) is 15.6. The fourth-order valence-corrected chi connectivity index (χ4v) is 4.70. The van der Waals surface area contributed by atoms with Gasteiger partial charge in [-0.25, -0.2) is 0 Å². The van der Waals surface area contributed by atoms with Gasteiger partial charge in [0.1, 0.15) is 0 Å². The molecule has 3 rings (SSSR count). The van der Waals surface area contributed by atoms with E-state index < -0.39 is 0 Å². The van der Waals surface area contributed by atoms with Crippen LogP contribution in [0.25, 0.3) is 10.1 Å². The van der Waals surface area contributed by atoms with E-state index in [9.17, 15) is 0 Å². The zero-order chi connectivity index (χ0) is 14.8. The third kappa shape index (κ3) is 3.24. The Balaban J connectivity index is 1.97. The monoisotopic (exact) mass is 423 g/mol. The maximum absolute atomic E-state index is 3.64. The molecule has 0 saturated carbocycles. The van der Waals surface area contributed by atoms with Crippen molar-refractivity contribution < 1.29 is 0 Å². The average Bonchev–Trinajstić information content (AvgIpc) is 2.90. The first-order valence-electron chi connectivity index (χ1n) is 6.76. The van der Waals surface area contributed by atoms with Crippen molar-refractivity contribution in [3.63, 3.8) is 0 Å². The highest BCUT2D eigenvalue weighted by atomic mass is 79.9. The summed E-state index contributed by atoms with van der Waals surface area (Å²) in [6.07, 6.45) is 0.980. The minimum absolute atomic E-state index is 0.322. The molecule has 1 unspecified atom stereocenters. The van der Waals surface area contributed by atoms with Crippen molar-refractivity contribution in [1.29, 1.82) is 0 Å². The van der Waals surface area contributed by atoms with Crippen molar-refractivity contribution in [2.45, 2.75) is 12.5 Å². The fraction of sp³-hybridized carbons (Fsp3) is 0.176. The van der Waals surface area contributed by atoms with Gasteiger partial charge in [-0.1, -0.05) is 40.2 Å². The SMILES string of the molecule is CNC(Cc1cccc(Br)c1)c1csc2c(Br)cccc12. The maximum atomic E-state index is 3.64. The predicted octanol–water partition coefficient (Wildman–Crippen LogP) is 5.93. The van der Waals surface area contributed by atoms with Crippen LogP contribution in [-0.4, -0.2) is 7.05 Å². The number of halogens is 2. The van der Waals surface area contributed by atoms with Crippen LogP contribution >= 0.6 is 43.2 Å². The molecule has 0 saturated heterocycles. The molecule has 1 nitrogen and oxygen atoms in total. The van der Waals surface area contributed by atoms with Gasteiger partial charge in [-0.05, 0) is 69.5 Å². The van der Waals surface area contributed by atoms with Gasteiger partial charge in [-0.15, -0.1) is 11.3 Å². The highest BCUT2D eigenvalue weighted by Gasteiger charge is 2.16. The van der Waals surface area contributed by atoms with Crippen molar-refractivity contribution in [3.8, 4) is 0 Å². The summed E-state index contributed by atoms with van der Waals surface area (Å²) in [5.41, 5.74) is 2.71. The average molecular weight is 425 g/mol. The number of hydrogen-bond acceptors (Lipinski definition) is 2. The molecule has 3 aromatic rings. The molecule has 1 N–H and O–H groups in total. The summed E-state index contributed by atoms with van der Waals surface area (Å²) in [6, 6.07) is 15.3. The van der Waals surface area contributed by atoms with E-state index in [1.165, 1.54) is 25.7 Å². The molecule has 0 amide bonds. The molecular formula is C17H15Br2NS. The van der Waals surface area contributed by atoms with Crippen LogP contribution in [0.4, 0.5) is 0 Å². The van der Waals surface area contributed by atoms with Crippen LogP contribution in [0.5, 0.6) is 0 Å². The van der Waals surface area contributed by atoms with E-state index >= 15 is 0 Å². The Hall–Kier alpha value is -0.680. The van der Waals surface area contributed by atoms with Crippen LogP contribution in [0.15, 0.2) is 56.8 Å². The van der Waals surface area contributed by atoms with Gasteiger partial charge >= 0.3 is 0 Å². The minimum atomic E-state index is 0.322. The number of likely N-dealkylation sites (N-methyl/N-ethyl adjacent to an activating group) is 1. The van der Waals surface area contributed by atoms with Crippen molar-refractivity contribution in [3.05, 3.63) is 67.9 Å². The van der Waals surface area contributed by atoms with Crippen LogP contribution in [0.1, 0.15) is 17.2 Å². The lowest BCUT2D eigenvalue weighted by Crippen LogP contribution is -2.18. The Morgan fingerprint density at radius 1 is 1.14 bits per heavy atom. The first-order valence-corrected chi connectivity index (χ1v) is 9.23. The predicted molar refractivity (Wildman–Crippen MR) is 99.2 cm³/mol. The molecule has 0 spiro atoms. The Labute approximate surface area is 145 Å². The molecule has 0 aliphatic carbocycles. The molecular weight excluding hydrogens is 410 g/mol. The Morgan fingerprint density at radius 2 is 1.95 bits per heavy atom. The lowest BCUT2D eigenvalue weighted by Gasteiger charge is -2.16. The summed E-state index contributed by atoms with van der Waals surface area (Å²) in [7, 11) is 2.03. The molecule has 1 heterocycles. The van der Waals surface area contributed by atoms with Crippen molar-refractivity contribution in [1.82, 2.24) is 5.32 Å². The van der Waals surface area contributed by atoms with Crippen molar-refractivity contribution in [2.24, 2.45) is 0 Å². The molecule has 0 radical (unpaired) electrons. The van der Waals surface area contributed by atoms with Gasteiger partial charge in [0.25, 0.3) is 0 Å². The normalized spacial score (nSPS) is 12.7. The third-order valence-corrected chi connectivity index (χ3v) is 6.10. The van der Waals surface area contributed by atoms with Gasteiger partial charge in [-0.2, -0.15) is 0 Å². The van der Waals surface area contributed by atoms with E-state index in [4.69, 9.17) is 0 Å². The van der Waals surface area contributed by atoms with Crippen LogP contribution in [0.2, 0.25) is 0 Å². The second kappa shape index (κ2) is 6.61. The number of hydrogen-bond donors (Lipinski definition) is 1. The number of nitrogens with one attached hydrogen (secondary N) is 1. The van der Waals surface area contributed by atoms with Crippen LogP contribution in [0, 0.1) is 0 Å². The number of rotatable bonds is 4. The minimum Gasteiger partial charge on any atom is -0.313 e. The number of thiophene rings is 1. The van der Waals surface area contributed by atoms with E-state index in [-0.39, 0.29) is 0 Å². The second-order valence-corrected chi connectivity index (χ2v) is 7.63. The Morgan fingerprint density at radius 3 is 2.71 bits per heavy atom. The highest BCUT2D eigenvalue weighted by molar-refractivity contribution is 9.11. The quantitative estimate of drug-likeness (QED) is 0.547. The molecule has 2 aromatic carbocycles. The highest BCUT2D eigenvalue weighted by Crippen LogP contribution is 2.36. The molecule has 0 bridgehead atoms. The summed E-state index contributed by atoms with van der Waals surface area (Å²) in [5.74, 6) is 0. The Bertz CT molecular complexity index is 766. The van der Waals surface area contributed by atoms with Gasteiger partial charge in [0.15, 0.2) is 0 Å². The molecule has 0 fully saturated rings. The van der Waals surface area contributed by atoms with E-state index in [0.717, 1.165) is 10.9 Å². The van der Waals surface area contributed by atoms with E-state index in [2.05, 4.69) is 85.0 Å². The summed E-state index contributed by atoms with van der Waals surface area (Å²) in [4.78, 5) is 0. The summed E-state index contributed by atoms with van der Waals surface area (Å²) >= 11 is 8.99. The zero-order valence-electron chi connectivity index (χ0n) is 11.6. The van der Waals surface area contributed by atoms with Gasteiger partial charge in [0.2, 0.25) is 0 Å². The topological polar surface area (TPSA) is 12.0 Å². The summed E-state index contributed by atoms with van der Waals surface area (Å²) in [5, 5.41) is 7.07. The van der Waals surface area contributed by atoms with Crippen molar-refractivity contribution in [2.75, 3.05) is 7.05 Å². The third-order valence-electron chi connectivity index (χ3n) is 3.63. The number of fused-ring (bicyclic) bond motifs is 1. The van der Waals surface area contributed by atoms with Crippen LogP contribution in [0.3, 0.4) is 0 Å². The van der Waals surface area contributed by atoms with Crippen LogP contribution in [-0.2, 0) is 6.42 Å². The molecule has 0 aliphatic rings. The molecule has 1 aromatic heterocycles. The standard InChI is InChI=1S/C17H15Br2NS/c1-20-16(9-11-4-2-5-12(18)8-11)14-10-21-17-13(14)6-3-7-15(17)19/h2-8,10,16,20H,9H2,1H3. The molecule has 108 valence electrons. The number of benzene rings is 2. The van der Waals surface area contributed by atoms with Gasteiger partial charge in [0.05, 0.1) is 0 Å². The molecule has 4 heteroatoms. The van der Waals surface area contributed by atoms with E-state index in [1.807, 2.05) is 7.05 Å². The molecule has 1 atom stereocenters. The van der Waals surface area contributed by atoms with Gasteiger partial charge < -0.3 is 5.32 Å². The molecule has 0 aliphatic heterocycles. The fourth-order valence-electron chi connectivity index (χ4n) is 2.58. The van der Waals surface area contributed by atoms with E-state index in [0.29, 0.717) is 6.04 Å². The second-order valence-electron chi connectivity index (χ2n) is 4.98. The Kier molecular flexibility index (Phi) is 4.79. The summed E-state index contributed by atoms with van der Waals surface area (Å²) < 4.78 is 3.63. The van der Waals surface area contributed by atoms with Crippen molar-refractivity contribution >= 4 is 53.3 Å². The van der Waals surface area contributed by atoms with Crippen LogP contribution < -0.4 is 5.32 Å². The van der Waals surface area contributed by atoms with Gasteiger partial charge in [0, 0.05) is 19.7 Å². The first-order chi connectivity index (χ1) is 10.2. The van der Waals surface area contributed by atoms with Gasteiger partial charge in [-0.3, -0.25) is 0 Å². The van der Waals surface area contributed by atoms with E-state index in [1.54, 1.807) is 11.3 Å². The lowest BCUT2D eigenvalue weighted by atomic mass is 9.98. The smallest absolute Gasteiger partial charge is 0.0488 e. The maximum Gasteiger partial charge on any atom is 0.0488 e. The first kappa shape index (κ1) is 15.2. The lowest BCUT2D eigenvalue weighted by molar-refractivity contribution is 0.597.